The van der Waals surface area contributed by atoms with Crippen LogP contribution in [0, 0.1) is 0 Å². The van der Waals surface area contributed by atoms with E-state index in [1.807, 2.05) is 0 Å². The molecule has 0 aromatic carbocycles. The van der Waals surface area contributed by atoms with Gasteiger partial charge in [-0.3, -0.25) is 9.69 Å². The first-order valence-electron chi connectivity index (χ1n) is 8.73. The van der Waals surface area contributed by atoms with E-state index in [-0.39, 0.29) is 13.4 Å². The molecular weight excluding hydrogens is 248 g/mol. The maximum absolute atomic E-state index is 11.9. The number of amides is 1. The minimum atomic E-state index is 0. The van der Waals surface area contributed by atoms with Crippen molar-refractivity contribution in [2.24, 2.45) is 0 Å². The molecule has 1 atom stereocenters. The van der Waals surface area contributed by atoms with E-state index in [1.165, 1.54) is 51.4 Å². The molecule has 0 aromatic rings. The molecule has 1 N–H and O–H groups in total. The van der Waals surface area contributed by atoms with Gasteiger partial charge >= 0.3 is 0 Å². The molecular formula is C17H36N2O. The van der Waals surface area contributed by atoms with Gasteiger partial charge in [-0.15, -0.1) is 0 Å². The highest BCUT2D eigenvalue weighted by Gasteiger charge is 2.26. The van der Waals surface area contributed by atoms with Crippen LogP contribution in [0.1, 0.15) is 79.0 Å². The van der Waals surface area contributed by atoms with Crippen LogP contribution < -0.4 is 5.32 Å². The normalized spacial score (nSPS) is 19.4. The van der Waals surface area contributed by atoms with Gasteiger partial charge in [-0.25, -0.2) is 0 Å². The molecule has 0 aromatic heterocycles. The van der Waals surface area contributed by atoms with E-state index in [9.17, 15) is 4.79 Å². The van der Waals surface area contributed by atoms with Crippen LogP contribution in [-0.2, 0) is 4.79 Å². The molecule has 3 nitrogen and oxygen atoms in total. The lowest BCUT2D eigenvalue weighted by atomic mass is 10.1. The Kier molecular flexibility index (Phi) is 9.73. The largest absolute Gasteiger partial charge is 0.355 e. The molecule has 1 saturated heterocycles. The van der Waals surface area contributed by atoms with Gasteiger partial charge in [0, 0.05) is 7.97 Å². The maximum atomic E-state index is 11.9. The van der Waals surface area contributed by atoms with E-state index in [0.717, 1.165) is 32.4 Å². The Morgan fingerprint density at radius 2 is 1.70 bits per heavy atom. The highest BCUT2D eigenvalue weighted by atomic mass is 16.2. The molecule has 3 heteroatoms. The Hall–Kier alpha value is -0.570. The summed E-state index contributed by atoms with van der Waals surface area (Å²) in [5.41, 5.74) is 0. The molecule has 1 unspecified atom stereocenters. The van der Waals surface area contributed by atoms with E-state index >= 15 is 0 Å². The summed E-state index contributed by atoms with van der Waals surface area (Å²) in [5, 5.41) is 3.09. The lowest BCUT2D eigenvalue weighted by molar-refractivity contribution is -0.125. The molecule has 1 amide bonds. The van der Waals surface area contributed by atoms with Gasteiger partial charge in [-0.1, -0.05) is 58.3 Å². The number of rotatable bonds is 11. The summed E-state index contributed by atoms with van der Waals surface area (Å²) in [6.07, 6.45) is 14.2. The summed E-state index contributed by atoms with van der Waals surface area (Å²) in [6.45, 7) is 4.19. The zero-order chi connectivity index (χ0) is 14.6. The minimum absolute atomic E-state index is 0. The quantitative estimate of drug-likeness (QED) is 0.582. The average molecular weight is 284 g/mol. The van der Waals surface area contributed by atoms with Crippen molar-refractivity contribution in [1.29, 1.82) is 0 Å². The van der Waals surface area contributed by atoms with Crippen LogP contribution in [0.3, 0.4) is 0 Å². The second-order valence-corrected chi connectivity index (χ2v) is 6.26. The highest BCUT2D eigenvalue weighted by Crippen LogP contribution is 2.14. The van der Waals surface area contributed by atoms with Gasteiger partial charge in [0.2, 0.25) is 5.91 Å². The zero-order valence-electron chi connectivity index (χ0n) is 13.6. The van der Waals surface area contributed by atoms with Crippen molar-refractivity contribution in [1.82, 2.24) is 10.2 Å². The molecule has 1 fully saturated rings. The Balaban J connectivity index is 0.00000400. The van der Waals surface area contributed by atoms with Crippen LogP contribution in [0.2, 0.25) is 0 Å². The third-order valence-corrected chi connectivity index (χ3v) is 4.40. The fourth-order valence-corrected chi connectivity index (χ4v) is 3.01. The Bertz CT molecular complexity index is 261. The average Bonchev–Trinajstić information content (AvgIpc) is 2.87. The summed E-state index contributed by atoms with van der Waals surface area (Å²) in [4.78, 5) is 14.1. The molecule has 0 saturated carbocycles. The summed E-state index contributed by atoms with van der Waals surface area (Å²) in [7, 11) is 2.05. The second-order valence-electron chi connectivity index (χ2n) is 6.26. The van der Waals surface area contributed by atoms with Crippen LogP contribution in [0.5, 0.6) is 0 Å². The molecule has 1 rings (SSSR count). The van der Waals surface area contributed by atoms with Crippen molar-refractivity contribution in [2.75, 3.05) is 20.1 Å². The van der Waals surface area contributed by atoms with Crippen molar-refractivity contribution in [3.63, 3.8) is 0 Å². The lowest BCUT2D eigenvalue weighted by Gasteiger charge is -2.18. The van der Waals surface area contributed by atoms with Crippen molar-refractivity contribution in [3.05, 3.63) is 0 Å². The number of likely N-dealkylation sites (N-methyl/N-ethyl adjacent to an activating group) is 1. The number of carbonyl (C=O) groups excluding carboxylic acids is 1. The molecule has 20 heavy (non-hydrogen) atoms. The van der Waals surface area contributed by atoms with E-state index in [2.05, 4.69) is 24.2 Å². The molecule has 0 radical (unpaired) electrons. The van der Waals surface area contributed by atoms with Crippen LogP contribution >= 0.6 is 0 Å². The number of likely N-dealkylation sites (tertiary alicyclic amines) is 1. The molecule has 1 aliphatic heterocycles. The first kappa shape index (κ1) is 17.5. The van der Waals surface area contributed by atoms with Crippen molar-refractivity contribution >= 4 is 5.91 Å². The maximum Gasteiger partial charge on any atom is 0.237 e. The highest BCUT2D eigenvalue weighted by molar-refractivity contribution is 5.81. The molecule has 1 aliphatic rings. The third-order valence-electron chi connectivity index (χ3n) is 4.40. The van der Waals surface area contributed by atoms with Gasteiger partial charge in [0.25, 0.3) is 0 Å². The van der Waals surface area contributed by atoms with Crippen molar-refractivity contribution in [2.45, 2.75) is 83.6 Å². The fraction of sp³-hybridized carbons (Fsp3) is 0.941. The number of hydrogen-bond acceptors (Lipinski definition) is 2. The van der Waals surface area contributed by atoms with Gasteiger partial charge in [0.1, 0.15) is 0 Å². The predicted molar refractivity (Wildman–Crippen MR) is 88.0 cm³/mol. The van der Waals surface area contributed by atoms with Gasteiger partial charge in [-0.05, 0) is 32.9 Å². The molecule has 0 spiro atoms. The summed E-state index contributed by atoms with van der Waals surface area (Å²) in [5.74, 6) is 0.240. The smallest absolute Gasteiger partial charge is 0.237 e. The Labute approximate surface area is 127 Å². The second kappa shape index (κ2) is 11.1. The van der Waals surface area contributed by atoms with Gasteiger partial charge < -0.3 is 5.32 Å². The van der Waals surface area contributed by atoms with E-state index < -0.39 is 0 Å². The predicted octanol–water partition coefficient (Wildman–Crippen LogP) is 3.97. The van der Waals surface area contributed by atoms with E-state index in [4.69, 9.17) is 0 Å². The minimum Gasteiger partial charge on any atom is -0.355 e. The van der Waals surface area contributed by atoms with E-state index in [0.29, 0.717) is 0 Å². The Morgan fingerprint density at radius 3 is 2.25 bits per heavy atom. The van der Waals surface area contributed by atoms with Gasteiger partial charge in [0.05, 0.1) is 6.04 Å². The standard InChI is InChI=1S/C17H34N2O.H2/c1-3-4-5-6-7-8-9-10-11-14-18-17(20)16-13-12-15-19(16)2;/h16H,3-15H2,1-2H3,(H,18,20);1H. The van der Waals surface area contributed by atoms with Crippen LogP contribution in [0.4, 0.5) is 0 Å². The summed E-state index contributed by atoms with van der Waals surface area (Å²) in [6, 6.07) is 0.133. The topological polar surface area (TPSA) is 32.3 Å². The van der Waals surface area contributed by atoms with Crippen LogP contribution in [-0.4, -0.2) is 37.0 Å². The fourth-order valence-electron chi connectivity index (χ4n) is 3.01. The first-order chi connectivity index (χ1) is 9.75. The number of hydrogen-bond donors (Lipinski definition) is 1. The third kappa shape index (κ3) is 7.28. The SMILES string of the molecule is CCCCCCCCCCCNC(=O)C1CCCN1C.[HH]. The Morgan fingerprint density at radius 1 is 1.10 bits per heavy atom. The monoisotopic (exact) mass is 284 g/mol. The van der Waals surface area contributed by atoms with Crippen molar-refractivity contribution in [3.8, 4) is 0 Å². The molecule has 0 bridgehead atoms. The number of carbonyl (C=O) groups is 1. The lowest BCUT2D eigenvalue weighted by Crippen LogP contribution is -2.41. The zero-order valence-corrected chi connectivity index (χ0v) is 13.6. The summed E-state index contributed by atoms with van der Waals surface area (Å²) >= 11 is 0. The summed E-state index contributed by atoms with van der Waals surface area (Å²) < 4.78 is 0. The molecule has 0 aliphatic carbocycles. The van der Waals surface area contributed by atoms with Crippen LogP contribution in [0.25, 0.3) is 0 Å². The number of nitrogens with zero attached hydrogens (tertiary/aromatic N) is 1. The molecule has 120 valence electrons. The number of nitrogens with one attached hydrogen (secondary N) is 1. The number of unbranched alkanes of at least 4 members (excludes halogenated alkanes) is 8. The van der Waals surface area contributed by atoms with Gasteiger partial charge in [-0.2, -0.15) is 0 Å². The van der Waals surface area contributed by atoms with Gasteiger partial charge in [0.15, 0.2) is 0 Å². The van der Waals surface area contributed by atoms with Crippen LogP contribution in [0.15, 0.2) is 0 Å². The first-order valence-corrected chi connectivity index (χ1v) is 8.73. The van der Waals surface area contributed by atoms with Crippen molar-refractivity contribution < 1.29 is 6.22 Å². The molecule has 1 heterocycles. The van der Waals surface area contributed by atoms with E-state index in [1.54, 1.807) is 0 Å².